The van der Waals surface area contributed by atoms with Crippen molar-refractivity contribution < 1.29 is 38.7 Å². The SMILES string of the molecule is O=P(Cc1cc2c(O)c(c1)Cc1cc(CP(=O)(c3ccccc3)c3ccccc3)cc(c1O)Cc1cc(CP(=O)(c3ccccc3)c3ccccc3)cc(c1O)Cc1cc(CP(=O)(c3ccccc3)c3ccccc3)cc(c1O)C2)(c1ccccc1)c1ccccc1. The Bertz CT molecular complexity index is 3960. The average Bonchev–Trinajstić information content (AvgIpc) is 0.802. The third kappa shape index (κ3) is 12.5. The second-order valence-electron chi connectivity index (χ2n) is 24.0. The van der Waals surface area contributed by atoms with Crippen LogP contribution in [-0.2, 0) is 68.6 Å². The molecule has 0 atom stereocenters. The van der Waals surface area contributed by atoms with E-state index in [1.54, 1.807) is 0 Å². The molecule has 0 saturated carbocycles. The standard InChI is InChI=1S/C80H68O8P4/c81-77-61-41-57(53-89(85,69-25-9-1-10-26-69)70-27-11-2-12-28-70)42-62(77)50-64-44-59(55-91(87,73-33-17-5-18-34-73)74-35-19-6-20-36-74)46-66(79(64)83)52-68-48-60(56-92(88,75-37-21-7-22-38-75)76-39-23-8-24-40-76)47-67(80(68)84)51-65-45-58(43-63(49-61)78(65)82)54-90(86,71-29-13-3-14-30-71)72-31-15-4-16-32-72/h1-48,81-84H,49-56H2. The van der Waals surface area contributed by atoms with Gasteiger partial charge in [-0.1, -0.05) is 291 Å². The molecule has 0 amide bonds. The summed E-state index contributed by atoms with van der Waals surface area (Å²) in [5, 5.41) is 57.3. The normalized spacial score (nSPS) is 12.7. The Hall–Kier alpha value is -9.24. The minimum atomic E-state index is -3.46. The molecular weight excluding hydrogens is 1210 g/mol. The lowest BCUT2D eigenvalue weighted by Gasteiger charge is -2.24. The van der Waals surface area contributed by atoms with Crippen molar-refractivity contribution in [2.45, 2.75) is 50.3 Å². The summed E-state index contributed by atoms with van der Waals surface area (Å²) in [7, 11) is -13.8. The van der Waals surface area contributed by atoms with Crippen LogP contribution in [0.15, 0.2) is 291 Å². The number of phenolic OH excluding ortho intramolecular Hbond substituents is 4. The number of phenols is 4. The Kier molecular flexibility index (Phi) is 17.5. The molecule has 0 heterocycles. The molecular formula is C80H68O8P4. The average molecular weight is 1280 g/mol. The fourth-order valence-corrected chi connectivity index (χ4v) is 24.0. The molecule has 8 bridgehead atoms. The molecule has 0 unspecified atom stereocenters. The molecule has 13 rings (SSSR count). The van der Waals surface area contributed by atoms with E-state index in [1.165, 1.54) is 0 Å². The summed E-state index contributed by atoms with van der Waals surface area (Å²) in [6.07, 6.45) is 0.0268. The van der Waals surface area contributed by atoms with Gasteiger partial charge in [0, 0.05) is 92.8 Å². The first-order chi connectivity index (χ1) is 44.7. The molecule has 0 aromatic heterocycles. The number of hydrogen-bond acceptors (Lipinski definition) is 8. The fourth-order valence-electron chi connectivity index (χ4n) is 13.3. The molecule has 12 aromatic rings. The van der Waals surface area contributed by atoms with Crippen molar-refractivity contribution in [3.05, 3.63) is 358 Å². The van der Waals surface area contributed by atoms with Crippen molar-refractivity contribution in [2.75, 3.05) is 0 Å². The van der Waals surface area contributed by atoms with Crippen LogP contribution in [0.25, 0.3) is 0 Å². The highest BCUT2D eigenvalue weighted by molar-refractivity contribution is 7.79. The van der Waals surface area contributed by atoms with E-state index in [4.69, 9.17) is 0 Å². The molecule has 0 spiro atoms. The monoisotopic (exact) mass is 1280 g/mol. The van der Waals surface area contributed by atoms with Gasteiger partial charge in [-0.3, -0.25) is 0 Å². The van der Waals surface area contributed by atoms with Crippen LogP contribution < -0.4 is 42.4 Å². The van der Waals surface area contributed by atoms with Gasteiger partial charge in [0.2, 0.25) is 0 Å². The predicted molar refractivity (Wildman–Crippen MR) is 378 cm³/mol. The van der Waals surface area contributed by atoms with E-state index >= 15 is 18.3 Å². The zero-order valence-corrected chi connectivity index (χ0v) is 54.2. The second-order valence-corrected chi connectivity index (χ2v) is 35.3. The maximum Gasteiger partial charge on any atom is 0.147 e. The van der Waals surface area contributed by atoms with Gasteiger partial charge in [-0.25, -0.2) is 0 Å². The maximum absolute atomic E-state index is 16.1. The summed E-state index contributed by atoms with van der Waals surface area (Å²) in [5.41, 5.74) is 5.81. The summed E-state index contributed by atoms with van der Waals surface area (Å²) in [5.74, 6) is -0.389. The van der Waals surface area contributed by atoms with Crippen LogP contribution in [0.2, 0.25) is 0 Å². The summed E-state index contributed by atoms with van der Waals surface area (Å²) in [6, 6.07) is 90.0. The van der Waals surface area contributed by atoms with Crippen LogP contribution in [0.4, 0.5) is 0 Å². The van der Waals surface area contributed by atoms with Crippen molar-refractivity contribution in [1.82, 2.24) is 0 Å². The van der Waals surface area contributed by atoms with E-state index in [-0.39, 0.29) is 73.3 Å². The first-order valence-electron chi connectivity index (χ1n) is 30.8. The van der Waals surface area contributed by atoms with Crippen LogP contribution in [0.3, 0.4) is 0 Å². The Morgan fingerprint density at radius 3 is 0.446 bits per heavy atom. The maximum atomic E-state index is 16.1. The van der Waals surface area contributed by atoms with Crippen molar-refractivity contribution >= 4 is 71.0 Å². The minimum absolute atomic E-state index is 0.0511. The summed E-state index contributed by atoms with van der Waals surface area (Å²) >= 11 is 0. The fraction of sp³-hybridized carbons (Fsp3) is 0.100. The first kappa shape index (κ1) is 61.6. The second kappa shape index (κ2) is 26.2. The Morgan fingerprint density at radius 1 is 0.207 bits per heavy atom. The lowest BCUT2D eigenvalue weighted by atomic mass is 9.89. The van der Waals surface area contributed by atoms with E-state index in [9.17, 15) is 20.4 Å². The van der Waals surface area contributed by atoms with Crippen LogP contribution >= 0.6 is 28.6 Å². The lowest BCUT2D eigenvalue weighted by Crippen LogP contribution is -2.18. The van der Waals surface area contributed by atoms with Crippen molar-refractivity contribution in [1.29, 1.82) is 0 Å². The van der Waals surface area contributed by atoms with Gasteiger partial charge >= 0.3 is 0 Å². The van der Waals surface area contributed by atoms with E-state index in [0.29, 0.717) is 109 Å². The van der Waals surface area contributed by atoms with Crippen LogP contribution in [0.5, 0.6) is 23.0 Å². The van der Waals surface area contributed by atoms with Gasteiger partial charge in [0.05, 0.1) is 0 Å². The number of aromatic hydroxyl groups is 4. The molecule has 0 saturated heterocycles. The molecule has 0 radical (unpaired) electrons. The van der Waals surface area contributed by atoms with Crippen LogP contribution in [-0.4, -0.2) is 20.4 Å². The number of benzene rings is 12. The Morgan fingerprint density at radius 2 is 0.326 bits per heavy atom. The largest absolute Gasteiger partial charge is 0.507 e. The zero-order valence-electron chi connectivity index (χ0n) is 50.6. The molecule has 12 heteroatoms. The molecule has 4 N–H and O–H groups in total. The summed E-state index contributed by atoms with van der Waals surface area (Å²) in [4.78, 5) is 0. The third-order valence-electron chi connectivity index (χ3n) is 17.8. The van der Waals surface area contributed by atoms with Crippen LogP contribution in [0, 0.1) is 0 Å². The van der Waals surface area contributed by atoms with Gasteiger partial charge in [0.15, 0.2) is 0 Å². The molecule has 0 fully saturated rings. The molecule has 92 heavy (non-hydrogen) atoms. The minimum Gasteiger partial charge on any atom is -0.507 e. The number of rotatable bonds is 16. The van der Waals surface area contributed by atoms with Crippen molar-refractivity contribution in [3.63, 3.8) is 0 Å². The highest BCUT2D eigenvalue weighted by Crippen LogP contribution is 2.53. The van der Waals surface area contributed by atoms with E-state index in [1.807, 2.05) is 291 Å². The molecule has 456 valence electrons. The summed E-state index contributed by atoms with van der Waals surface area (Å²) in [6.45, 7) is 0. The van der Waals surface area contributed by atoms with Gasteiger partial charge in [0.25, 0.3) is 0 Å². The van der Waals surface area contributed by atoms with Crippen LogP contribution in [0.1, 0.15) is 66.8 Å². The van der Waals surface area contributed by atoms with E-state index < -0.39 is 28.6 Å². The Balaban J connectivity index is 1.05. The quantitative estimate of drug-likeness (QED) is 0.0699. The molecule has 12 aromatic carbocycles. The number of fused-ring (bicyclic) bond motifs is 8. The van der Waals surface area contributed by atoms with Gasteiger partial charge in [-0.05, 0) is 66.8 Å². The number of hydrogen-bond donors (Lipinski definition) is 4. The summed E-state index contributed by atoms with van der Waals surface area (Å²) < 4.78 is 64.3. The molecule has 0 aliphatic heterocycles. The molecule has 1 aliphatic carbocycles. The smallest absolute Gasteiger partial charge is 0.147 e. The third-order valence-corrected chi connectivity index (χ3v) is 30.1. The highest BCUT2D eigenvalue weighted by atomic mass is 31.2. The highest BCUT2D eigenvalue weighted by Gasteiger charge is 2.34. The lowest BCUT2D eigenvalue weighted by molar-refractivity contribution is 0.450. The van der Waals surface area contributed by atoms with Gasteiger partial charge < -0.3 is 38.7 Å². The van der Waals surface area contributed by atoms with Gasteiger partial charge in [-0.2, -0.15) is 0 Å². The predicted octanol–water partition coefficient (Wildman–Crippen LogP) is 15.2. The van der Waals surface area contributed by atoms with Gasteiger partial charge in [-0.15, -0.1) is 0 Å². The zero-order chi connectivity index (χ0) is 63.5. The van der Waals surface area contributed by atoms with Crippen molar-refractivity contribution in [2.24, 2.45) is 0 Å². The van der Waals surface area contributed by atoms with E-state index in [2.05, 4.69) is 0 Å². The van der Waals surface area contributed by atoms with E-state index in [0.717, 1.165) is 0 Å². The van der Waals surface area contributed by atoms with Crippen molar-refractivity contribution in [3.8, 4) is 23.0 Å². The topological polar surface area (TPSA) is 149 Å². The Labute approximate surface area is 537 Å². The molecule has 8 nitrogen and oxygen atoms in total. The van der Waals surface area contributed by atoms with Gasteiger partial charge in [0.1, 0.15) is 51.6 Å². The molecule has 1 aliphatic rings. The first-order valence-corrected chi connectivity index (χ1v) is 38.4.